The van der Waals surface area contributed by atoms with Crippen molar-refractivity contribution in [2.75, 3.05) is 13.2 Å². The molecule has 0 radical (unpaired) electrons. The molecule has 2 aromatic carbocycles. The fourth-order valence-corrected chi connectivity index (χ4v) is 3.13. The topological polar surface area (TPSA) is 35.5 Å². The van der Waals surface area contributed by atoms with Gasteiger partial charge in [-0.3, -0.25) is 0 Å². The van der Waals surface area contributed by atoms with Gasteiger partial charge < -0.3 is 9.47 Å². The molecular formula is C27H32O3. The summed E-state index contributed by atoms with van der Waals surface area (Å²) in [6, 6.07) is 14.6. The van der Waals surface area contributed by atoms with E-state index in [2.05, 4.69) is 57.0 Å². The van der Waals surface area contributed by atoms with Gasteiger partial charge in [-0.25, -0.2) is 4.79 Å². The molecule has 0 aromatic heterocycles. The first-order valence-electron chi connectivity index (χ1n) is 10.5. The van der Waals surface area contributed by atoms with Gasteiger partial charge in [0, 0.05) is 6.08 Å². The van der Waals surface area contributed by atoms with Gasteiger partial charge in [-0.2, -0.15) is 0 Å². The molecule has 0 saturated heterocycles. The first-order valence-corrected chi connectivity index (χ1v) is 10.5. The average Bonchev–Trinajstić information content (AvgIpc) is 2.77. The smallest absolute Gasteiger partial charge is 0.330 e. The van der Waals surface area contributed by atoms with Crippen LogP contribution in [0.1, 0.15) is 47.9 Å². The molecule has 0 saturated carbocycles. The van der Waals surface area contributed by atoms with Crippen molar-refractivity contribution < 1.29 is 14.3 Å². The Morgan fingerprint density at radius 1 is 0.967 bits per heavy atom. The molecule has 0 atom stereocenters. The maximum Gasteiger partial charge on any atom is 0.330 e. The molecule has 0 aliphatic heterocycles. The molecule has 30 heavy (non-hydrogen) atoms. The highest BCUT2D eigenvalue weighted by molar-refractivity contribution is 5.81. The number of ether oxygens (including phenoxy) is 2. The Morgan fingerprint density at radius 3 is 2.33 bits per heavy atom. The van der Waals surface area contributed by atoms with Crippen molar-refractivity contribution in [3.05, 3.63) is 90.5 Å². The first-order chi connectivity index (χ1) is 14.5. The lowest BCUT2D eigenvalue weighted by atomic mass is 9.97. The van der Waals surface area contributed by atoms with E-state index < -0.39 is 0 Å². The van der Waals surface area contributed by atoms with Gasteiger partial charge in [0.05, 0.1) is 13.2 Å². The number of esters is 1. The SMILES string of the molecule is C=CC(=O)OCCCCCCOc1ccc(C(=C)Cc2ccc(C)c(C=C)c2)cc1. The highest BCUT2D eigenvalue weighted by atomic mass is 16.5. The number of unbranched alkanes of at least 4 members (excludes halogenated alkanes) is 3. The van der Waals surface area contributed by atoms with Crippen LogP contribution in [-0.4, -0.2) is 19.2 Å². The van der Waals surface area contributed by atoms with Gasteiger partial charge in [0.2, 0.25) is 0 Å². The monoisotopic (exact) mass is 404 g/mol. The summed E-state index contributed by atoms with van der Waals surface area (Å²) >= 11 is 0. The Kier molecular flexibility index (Phi) is 9.66. The van der Waals surface area contributed by atoms with Gasteiger partial charge in [0.25, 0.3) is 0 Å². The van der Waals surface area contributed by atoms with E-state index in [1.807, 2.05) is 18.2 Å². The maximum atomic E-state index is 10.9. The molecule has 2 rings (SSSR count). The summed E-state index contributed by atoms with van der Waals surface area (Å²) in [5.74, 6) is 0.514. The summed E-state index contributed by atoms with van der Waals surface area (Å²) in [5, 5.41) is 0. The zero-order chi connectivity index (χ0) is 21.8. The highest BCUT2D eigenvalue weighted by Gasteiger charge is 2.04. The number of aryl methyl sites for hydroxylation is 1. The van der Waals surface area contributed by atoms with Crippen LogP contribution in [0.5, 0.6) is 5.75 Å². The number of hydrogen-bond acceptors (Lipinski definition) is 3. The van der Waals surface area contributed by atoms with Crippen molar-refractivity contribution in [3.8, 4) is 5.75 Å². The zero-order valence-corrected chi connectivity index (χ0v) is 18.0. The maximum absolute atomic E-state index is 10.9. The van der Waals surface area contributed by atoms with E-state index in [0.717, 1.165) is 49.0 Å². The van der Waals surface area contributed by atoms with Crippen molar-refractivity contribution in [3.63, 3.8) is 0 Å². The second kappa shape index (κ2) is 12.5. The number of hydrogen-bond donors (Lipinski definition) is 0. The van der Waals surface area contributed by atoms with Crippen molar-refractivity contribution >= 4 is 17.6 Å². The molecule has 0 amide bonds. The third-order valence-corrected chi connectivity index (χ3v) is 4.96. The molecule has 0 fully saturated rings. The van der Waals surface area contributed by atoms with Crippen LogP contribution in [0.25, 0.3) is 11.6 Å². The zero-order valence-electron chi connectivity index (χ0n) is 18.0. The summed E-state index contributed by atoms with van der Waals surface area (Å²) < 4.78 is 10.8. The molecule has 0 aliphatic rings. The average molecular weight is 405 g/mol. The van der Waals surface area contributed by atoms with Crippen molar-refractivity contribution in [2.45, 2.75) is 39.0 Å². The molecule has 3 nitrogen and oxygen atoms in total. The van der Waals surface area contributed by atoms with Crippen LogP contribution < -0.4 is 4.74 Å². The van der Waals surface area contributed by atoms with Gasteiger partial charge in [0.15, 0.2) is 0 Å². The van der Waals surface area contributed by atoms with Gasteiger partial charge in [-0.15, -0.1) is 0 Å². The quantitative estimate of drug-likeness (QED) is 0.215. The van der Waals surface area contributed by atoms with Crippen LogP contribution in [-0.2, 0) is 16.0 Å². The summed E-state index contributed by atoms with van der Waals surface area (Å²) in [6.45, 7) is 14.7. The molecule has 3 heteroatoms. The fraction of sp³-hybridized carbons (Fsp3) is 0.296. The van der Waals surface area contributed by atoms with Crippen LogP contribution in [0.4, 0.5) is 0 Å². The molecule has 0 heterocycles. The number of benzene rings is 2. The predicted octanol–water partition coefficient (Wildman–Crippen LogP) is 6.56. The number of carbonyl (C=O) groups excluding carboxylic acids is 1. The Bertz CT molecular complexity index is 862. The van der Waals surface area contributed by atoms with Gasteiger partial charge in [-0.1, -0.05) is 56.1 Å². The standard InChI is InChI=1S/C27H32O3/c1-5-24-20-23(12-11-21(24)3)19-22(4)25-13-15-26(16-14-25)29-17-9-7-8-10-18-30-27(28)6-2/h5-6,11-16,20H,1-2,4,7-10,17-19H2,3H3. The summed E-state index contributed by atoms with van der Waals surface area (Å²) in [4.78, 5) is 10.9. The van der Waals surface area contributed by atoms with E-state index in [-0.39, 0.29) is 5.97 Å². The molecule has 0 aliphatic carbocycles. The van der Waals surface area contributed by atoms with Crippen LogP contribution in [0.15, 0.2) is 68.3 Å². The van der Waals surface area contributed by atoms with Gasteiger partial charge in [0.1, 0.15) is 5.75 Å². The first kappa shape index (κ1) is 23.2. The van der Waals surface area contributed by atoms with Crippen molar-refractivity contribution in [2.24, 2.45) is 0 Å². The number of allylic oxidation sites excluding steroid dienone is 1. The fourth-order valence-electron chi connectivity index (χ4n) is 3.13. The van der Waals surface area contributed by atoms with Crippen LogP contribution >= 0.6 is 0 Å². The summed E-state index contributed by atoms with van der Waals surface area (Å²) in [7, 11) is 0. The van der Waals surface area contributed by atoms with Gasteiger partial charge >= 0.3 is 5.97 Å². The lowest BCUT2D eigenvalue weighted by Gasteiger charge is -2.10. The van der Waals surface area contributed by atoms with Gasteiger partial charge in [-0.05, 0) is 79.0 Å². The summed E-state index contributed by atoms with van der Waals surface area (Å²) in [5.41, 5.74) is 5.84. The molecule has 2 aromatic rings. The van der Waals surface area contributed by atoms with Crippen molar-refractivity contribution in [1.82, 2.24) is 0 Å². The van der Waals surface area contributed by atoms with E-state index in [9.17, 15) is 4.79 Å². The minimum Gasteiger partial charge on any atom is -0.494 e. The Labute approximate surface area is 180 Å². The van der Waals surface area contributed by atoms with E-state index in [0.29, 0.717) is 13.2 Å². The lowest BCUT2D eigenvalue weighted by Crippen LogP contribution is -2.02. The molecular weight excluding hydrogens is 372 g/mol. The third-order valence-electron chi connectivity index (χ3n) is 4.96. The largest absolute Gasteiger partial charge is 0.494 e. The van der Waals surface area contributed by atoms with E-state index >= 15 is 0 Å². The van der Waals surface area contributed by atoms with E-state index in [1.165, 1.54) is 22.8 Å². The minimum absolute atomic E-state index is 0.357. The predicted molar refractivity (Wildman–Crippen MR) is 126 cm³/mol. The molecule has 0 N–H and O–H groups in total. The minimum atomic E-state index is -0.357. The Hall–Kier alpha value is -3.07. The Balaban J connectivity index is 1.70. The normalized spacial score (nSPS) is 10.3. The van der Waals surface area contributed by atoms with E-state index in [1.54, 1.807) is 0 Å². The number of carbonyl (C=O) groups is 1. The van der Waals surface area contributed by atoms with Crippen LogP contribution in [0.2, 0.25) is 0 Å². The Morgan fingerprint density at radius 2 is 1.67 bits per heavy atom. The van der Waals surface area contributed by atoms with E-state index in [4.69, 9.17) is 9.47 Å². The third kappa shape index (κ3) is 7.75. The number of rotatable bonds is 13. The molecule has 0 unspecified atom stereocenters. The molecule has 0 bridgehead atoms. The molecule has 158 valence electrons. The lowest BCUT2D eigenvalue weighted by molar-refractivity contribution is -0.137. The van der Waals surface area contributed by atoms with Crippen LogP contribution in [0.3, 0.4) is 0 Å². The second-order valence-corrected chi connectivity index (χ2v) is 7.33. The van der Waals surface area contributed by atoms with Crippen molar-refractivity contribution in [1.29, 1.82) is 0 Å². The molecule has 0 spiro atoms. The van der Waals surface area contributed by atoms with Crippen LogP contribution in [0, 0.1) is 6.92 Å². The summed E-state index contributed by atoms with van der Waals surface area (Å²) in [6.07, 6.45) is 7.79. The highest BCUT2D eigenvalue weighted by Crippen LogP contribution is 2.23. The second-order valence-electron chi connectivity index (χ2n) is 7.33.